The van der Waals surface area contributed by atoms with Crippen molar-refractivity contribution in [3.8, 4) is 0 Å². The lowest BCUT2D eigenvalue weighted by molar-refractivity contribution is 0.146. The molecule has 1 heterocycles. The van der Waals surface area contributed by atoms with Crippen molar-refractivity contribution in [1.82, 2.24) is 9.97 Å². The lowest BCUT2D eigenvalue weighted by Gasteiger charge is -2.18. The Morgan fingerprint density at radius 2 is 1.77 bits per heavy atom. The van der Waals surface area contributed by atoms with Gasteiger partial charge in [0.15, 0.2) is 0 Å². The summed E-state index contributed by atoms with van der Waals surface area (Å²) in [5, 5.41) is 3.55. The molecule has 1 aromatic heterocycles. The summed E-state index contributed by atoms with van der Waals surface area (Å²) in [6.07, 6.45) is -2.90. The van der Waals surface area contributed by atoms with Crippen LogP contribution < -0.4 is 5.32 Å². The van der Waals surface area contributed by atoms with Crippen LogP contribution in [-0.4, -0.2) is 9.97 Å². The number of nitrogens with one attached hydrogen (secondary N) is 1. The second-order valence-electron chi connectivity index (χ2n) is 5.82. The number of nitrogens with zero attached hydrogens (tertiary/aromatic N) is 2. The maximum Gasteiger partial charge on any atom is 0.266 e. The molecule has 8 heteroatoms. The van der Waals surface area contributed by atoms with E-state index in [1.54, 1.807) is 13.8 Å². The zero-order valence-corrected chi connectivity index (χ0v) is 15.4. The molecule has 3 rings (SSSR count). The highest BCUT2D eigenvalue weighted by atomic mass is 79.9. The highest BCUT2D eigenvalue weighted by Gasteiger charge is 2.20. The Labute approximate surface area is 155 Å². The molecule has 1 unspecified atom stereocenters. The molecule has 0 fully saturated rings. The van der Waals surface area contributed by atoms with Gasteiger partial charge in [-0.3, -0.25) is 0 Å². The molecule has 0 spiro atoms. The molecule has 0 bridgehead atoms. The summed E-state index contributed by atoms with van der Waals surface area (Å²) in [5.41, 5.74) is -0.173. The minimum atomic E-state index is -2.90. The first-order chi connectivity index (χ1) is 12.3. The highest BCUT2D eigenvalue weighted by molar-refractivity contribution is 9.10. The number of hydrogen-bond acceptors (Lipinski definition) is 3. The van der Waals surface area contributed by atoms with Crippen molar-refractivity contribution in [2.45, 2.75) is 26.3 Å². The predicted octanol–water partition coefficient (Wildman–Crippen LogP) is 6.09. The van der Waals surface area contributed by atoms with Gasteiger partial charge in [-0.2, -0.15) is 0 Å². The van der Waals surface area contributed by atoms with Crippen molar-refractivity contribution >= 4 is 32.7 Å². The van der Waals surface area contributed by atoms with E-state index in [1.165, 1.54) is 24.3 Å². The summed E-state index contributed by atoms with van der Waals surface area (Å²) in [6.45, 7) is 3.28. The minimum Gasteiger partial charge on any atom is -0.363 e. The lowest BCUT2D eigenvalue weighted by Crippen LogP contribution is -2.12. The first-order valence-corrected chi connectivity index (χ1v) is 8.53. The highest BCUT2D eigenvalue weighted by Crippen LogP contribution is 2.31. The monoisotopic (exact) mass is 427 g/mol. The van der Waals surface area contributed by atoms with E-state index in [-0.39, 0.29) is 10.0 Å². The predicted molar refractivity (Wildman–Crippen MR) is 95.3 cm³/mol. The van der Waals surface area contributed by atoms with Crippen LogP contribution in [0.4, 0.5) is 23.4 Å². The molecular weight excluding hydrogens is 414 g/mol. The van der Waals surface area contributed by atoms with Crippen LogP contribution in [0.5, 0.6) is 0 Å². The number of halogens is 5. The number of aryl methyl sites for hydroxylation is 1. The molecule has 136 valence electrons. The second-order valence-corrected chi connectivity index (χ2v) is 6.67. The first kappa shape index (κ1) is 18.6. The molecule has 0 saturated carbocycles. The van der Waals surface area contributed by atoms with Gasteiger partial charge in [0.1, 0.15) is 23.3 Å². The number of alkyl halides is 2. The van der Waals surface area contributed by atoms with Crippen molar-refractivity contribution in [1.29, 1.82) is 0 Å². The normalized spacial score (nSPS) is 12.6. The number of aromatic nitrogens is 2. The van der Waals surface area contributed by atoms with Crippen LogP contribution in [0.25, 0.3) is 10.9 Å². The van der Waals surface area contributed by atoms with Crippen LogP contribution in [0.3, 0.4) is 0 Å². The van der Waals surface area contributed by atoms with E-state index in [0.29, 0.717) is 22.5 Å². The molecule has 0 aliphatic heterocycles. The molecule has 0 aliphatic carbocycles. The first-order valence-electron chi connectivity index (χ1n) is 7.74. The van der Waals surface area contributed by atoms with Gasteiger partial charge in [-0.05, 0) is 35.8 Å². The van der Waals surface area contributed by atoms with Gasteiger partial charge in [-0.1, -0.05) is 18.2 Å². The van der Waals surface area contributed by atoms with Crippen molar-refractivity contribution in [2.24, 2.45) is 0 Å². The van der Waals surface area contributed by atoms with E-state index in [9.17, 15) is 17.6 Å². The Balaban J connectivity index is 2.04. The van der Waals surface area contributed by atoms with Crippen LogP contribution in [0.2, 0.25) is 0 Å². The maximum absolute atomic E-state index is 14.4. The standard InChI is InChI=1S/C18H14BrF4N3/c1-8(10-4-3-5-11(16(10)21)17(22)23)24-18-12-6-13(19)14(20)7-15(12)25-9(2)26-18/h3-8,17H,1-2H3,(H,24,25,26). The number of rotatable bonds is 4. The number of benzene rings is 2. The summed E-state index contributed by atoms with van der Waals surface area (Å²) in [4.78, 5) is 8.48. The summed E-state index contributed by atoms with van der Waals surface area (Å²) in [5.74, 6) is -0.659. The van der Waals surface area contributed by atoms with Gasteiger partial charge < -0.3 is 5.32 Å². The van der Waals surface area contributed by atoms with E-state index in [4.69, 9.17) is 0 Å². The third kappa shape index (κ3) is 3.51. The van der Waals surface area contributed by atoms with E-state index in [2.05, 4.69) is 31.2 Å². The zero-order valence-electron chi connectivity index (χ0n) is 13.8. The maximum atomic E-state index is 14.4. The molecule has 3 aromatic rings. The molecule has 1 atom stereocenters. The minimum absolute atomic E-state index is 0.0911. The Bertz CT molecular complexity index is 978. The van der Waals surface area contributed by atoms with E-state index >= 15 is 0 Å². The quantitative estimate of drug-likeness (QED) is 0.511. The van der Waals surface area contributed by atoms with Crippen LogP contribution in [0, 0.1) is 18.6 Å². The van der Waals surface area contributed by atoms with Gasteiger partial charge in [0, 0.05) is 17.0 Å². The summed E-state index contributed by atoms with van der Waals surface area (Å²) < 4.78 is 54.2. The summed E-state index contributed by atoms with van der Waals surface area (Å²) in [6, 6.07) is 6.01. The fraction of sp³-hybridized carbons (Fsp3) is 0.222. The zero-order chi connectivity index (χ0) is 19.0. The molecule has 0 amide bonds. The largest absolute Gasteiger partial charge is 0.363 e. The molecule has 0 saturated heterocycles. The van der Waals surface area contributed by atoms with E-state index < -0.39 is 29.7 Å². The molecule has 26 heavy (non-hydrogen) atoms. The molecule has 0 aliphatic rings. The fourth-order valence-corrected chi connectivity index (χ4v) is 3.05. The Hall–Kier alpha value is -2.22. The average Bonchev–Trinajstić information content (AvgIpc) is 2.56. The van der Waals surface area contributed by atoms with Crippen molar-refractivity contribution in [3.63, 3.8) is 0 Å². The van der Waals surface area contributed by atoms with Crippen LogP contribution >= 0.6 is 15.9 Å². The average molecular weight is 428 g/mol. The Morgan fingerprint density at radius 3 is 2.46 bits per heavy atom. The van der Waals surface area contributed by atoms with Crippen LogP contribution in [0.15, 0.2) is 34.8 Å². The van der Waals surface area contributed by atoms with Gasteiger partial charge in [0.25, 0.3) is 6.43 Å². The second kappa shape index (κ2) is 7.19. The molecule has 0 radical (unpaired) electrons. The van der Waals surface area contributed by atoms with Crippen molar-refractivity contribution < 1.29 is 17.6 Å². The lowest BCUT2D eigenvalue weighted by atomic mass is 10.0. The van der Waals surface area contributed by atoms with Gasteiger partial charge in [0.05, 0.1) is 21.6 Å². The Morgan fingerprint density at radius 1 is 1.08 bits per heavy atom. The molecular formula is C18H14BrF4N3. The summed E-state index contributed by atoms with van der Waals surface area (Å²) in [7, 11) is 0. The SMILES string of the molecule is Cc1nc(NC(C)c2cccc(C(F)F)c2F)c2cc(Br)c(F)cc2n1. The fourth-order valence-electron chi connectivity index (χ4n) is 2.70. The van der Waals surface area contributed by atoms with Gasteiger partial charge in [-0.25, -0.2) is 27.5 Å². The van der Waals surface area contributed by atoms with Crippen molar-refractivity contribution in [3.05, 3.63) is 63.4 Å². The number of anilines is 1. The summed E-state index contributed by atoms with van der Waals surface area (Å²) >= 11 is 3.12. The van der Waals surface area contributed by atoms with Crippen LogP contribution in [0.1, 0.15) is 36.3 Å². The van der Waals surface area contributed by atoms with Gasteiger partial charge in [-0.15, -0.1) is 0 Å². The number of fused-ring (bicyclic) bond motifs is 1. The third-order valence-electron chi connectivity index (χ3n) is 3.96. The Kier molecular flexibility index (Phi) is 5.13. The van der Waals surface area contributed by atoms with Crippen molar-refractivity contribution in [2.75, 3.05) is 5.32 Å². The van der Waals surface area contributed by atoms with Gasteiger partial charge >= 0.3 is 0 Å². The van der Waals surface area contributed by atoms with E-state index in [1.807, 2.05) is 0 Å². The molecule has 1 N–H and O–H groups in total. The molecule has 3 nitrogen and oxygen atoms in total. The smallest absolute Gasteiger partial charge is 0.266 e. The third-order valence-corrected chi connectivity index (χ3v) is 4.57. The molecule has 2 aromatic carbocycles. The topological polar surface area (TPSA) is 37.8 Å². The van der Waals surface area contributed by atoms with Gasteiger partial charge in [0.2, 0.25) is 0 Å². The van der Waals surface area contributed by atoms with E-state index in [0.717, 1.165) is 6.07 Å². The number of hydrogen-bond donors (Lipinski definition) is 1. The van der Waals surface area contributed by atoms with Crippen LogP contribution in [-0.2, 0) is 0 Å².